The van der Waals surface area contributed by atoms with Gasteiger partial charge in [0, 0.05) is 11.8 Å². The number of hydrogen-bond acceptors (Lipinski definition) is 4. The molecule has 0 bridgehead atoms. The van der Waals surface area contributed by atoms with Gasteiger partial charge in [-0.1, -0.05) is 24.3 Å². The standard InChI is InChI=1S/C17H21N3O2/c1-22-17(21)10-13-3-2-4-14(9-13)15-11-19-20(12-15)16-5-7-18-8-6-16/h2-4,9,11-12,16,18H,5-8,10H2,1H3. The van der Waals surface area contributed by atoms with Crippen molar-refractivity contribution in [3.8, 4) is 11.1 Å². The molecule has 0 radical (unpaired) electrons. The number of ether oxygens (including phenoxy) is 1. The van der Waals surface area contributed by atoms with E-state index in [-0.39, 0.29) is 5.97 Å². The van der Waals surface area contributed by atoms with Gasteiger partial charge < -0.3 is 10.1 Å². The second-order valence-corrected chi connectivity index (χ2v) is 5.64. The zero-order chi connectivity index (χ0) is 15.4. The van der Waals surface area contributed by atoms with E-state index in [1.54, 1.807) is 0 Å². The van der Waals surface area contributed by atoms with Gasteiger partial charge in [0.15, 0.2) is 0 Å². The van der Waals surface area contributed by atoms with Crippen molar-refractivity contribution in [3.05, 3.63) is 42.2 Å². The average molecular weight is 299 g/mol. The molecule has 1 N–H and O–H groups in total. The van der Waals surface area contributed by atoms with Gasteiger partial charge in [-0.3, -0.25) is 9.48 Å². The van der Waals surface area contributed by atoms with Gasteiger partial charge in [-0.15, -0.1) is 0 Å². The molecule has 1 aliphatic heterocycles. The van der Waals surface area contributed by atoms with Crippen LogP contribution in [0.15, 0.2) is 36.7 Å². The topological polar surface area (TPSA) is 56.1 Å². The SMILES string of the molecule is COC(=O)Cc1cccc(-c2cnn(C3CCNCC3)c2)c1. The number of nitrogens with one attached hydrogen (secondary N) is 1. The van der Waals surface area contributed by atoms with E-state index in [2.05, 4.69) is 21.3 Å². The molecule has 0 aliphatic carbocycles. The second kappa shape index (κ2) is 6.75. The Kier molecular flexibility index (Phi) is 4.53. The Labute approximate surface area is 130 Å². The molecule has 1 aromatic heterocycles. The van der Waals surface area contributed by atoms with E-state index in [4.69, 9.17) is 4.74 Å². The van der Waals surface area contributed by atoms with E-state index in [1.165, 1.54) is 7.11 Å². The summed E-state index contributed by atoms with van der Waals surface area (Å²) in [5, 5.41) is 7.89. The molecular weight excluding hydrogens is 278 g/mol. The first kappa shape index (κ1) is 14.8. The molecule has 5 heteroatoms. The van der Waals surface area contributed by atoms with Crippen molar-refractivity contribution in [2.75, 3.05) is 20.2 Å². The summed E-state index contributed by atoms with van der Waals surface area (Å²) in [5.74, 6) is -0.220. The molecule has 2 heterocycles. The van der Waals surface area contributed by atoms with Gasteiger partial charge in [-0.05, 0) is 37.1 Å². The first-order chi connectivity index (χ1) is 10.8. The number of esters is 1. The lowest BCUT2D eigenvalue weighted by atomic mass is 10.0. The molecule has 22 heavy (non-hydrogen) atoms. The van der Waals surface area contributed by atoms with Gasteiger partial charge in [0.1, 0.15) is 0 Å². The third-order valence-corrected chi connectivity index (χ3v) is 4.12. The molecule has 0 saturated carbocycles. The number of rotatable bonds is 4. The highest BCUT2D eigenvalue weighted by molar-refractivity contribution is 5.73. The highest BCUT2D eigenvalue weighted by Crippen LogP contribution is 2.24. The predicted molar refractivity (Wildman–Crippen MR) is 84.5 cm³/mol. The minimum absolute atomic E-state index is 0.220. The van der Waals surface area contributed by atoms with Gasteiger partial charge in [0.2, 0.25) is 0 Å². The third kappa shape index (κ3) is 3.36. The zero-order valence-corrected chi connectivity index (χ0v) is 12.8. The van der Waals surface area contributed by atoms with E-state index in [0.29, 0.717) is 12.5 Å². The zero-order valence-electron chi connectivity index (χ0n) is 12.8. The normalized spacial score (nSPS) is 15.7. The highest BCUT2D eigenvalue weighted by Gasteiger charge is 2.16. The summed E-state index contributed by atoms with van der Waals surface area (Å²) >= 11 is 0. The van der Waals surface area contributed by atoms with Crippen LogP contribution in [0.25, 0.3) is 11.1 Å². The summed E-state index contributed by atoms with van der Waals surface area (Å²) in [7, 11) is 1.41. The van der Waals surface area contributed by atoms with E-state index >= 15 is 0 Å². The van der Waals surface area contributed by atoms with Crippen LogP contribution in [0.3, 0.4) is 0 Å². The van der Waals surface area contributed by atoms with Crippen molar-refractivity contribution in [1.82, 2.24) is 15.1 Å². The molecule has 0 unspecified atom stereocenters. The van der Waals surface area contributed by atoms with Crippen molar-refractivity contribution in [1.29, 1.82) is 0 Å². The number of aromatic nitrogens is 2. The van der Waals surface area contributed by atoms with Crippen LogP contribution in [0.2, 0.25) is 0 Å². The van der Waals surface area contributed by atoms with Crippen LogP contribution in [0.1, 0.15) is 24.4 Å². The van der Waals surface area contributed by atoms with Gasteiger partial charge in [-0.25, -0.2) is 0 Å². The fourth-order valence-electron chi connectivity index (χ4n) is 2.86. The minimum atomic E-state index is -0.220. The number of carbonyl (C=O) groups is 1. The van der Waals surface area contributed by atoms with E-state index in [9.17, 15) is 4.79 Å². The average Bonchev–Trinajstić information content (AvgIpc) is 3.06. The van der Waals surface area contributed by atoms with Crippen molar-refractivity contribution in [2.24, 2.45) is 0 Å². The van der Waals surface area contributed by atoms with Crippen molar-refractivity contribution < 1.29 is 9.53 Å². The third-order valence-electron chi connectivity index (χ3n) is 4.12. The maximum Gasteiger partial charge on any atom is 0.309 e. The molecule has 1 saturated heterocycles. The first-order valence-electron chi connectivity index (χ1n) is 7.67. The Bertz CT molecular complexity index is 645. The Morgan fingerprint density at radius 1 is 1.36 bits per heavy atom. The van der Waals surface area contributed by atoms with Gasteiger partial charge in [-0.2, -0.15) is 5.10 Å². The lowest BCUT2D eigenvalue weighted by Gasteiger charge is -2.22. The molecule has 5 nitrogen and oxygen atoms in total. The molecule has 1 aliphatic rings. The van der Waals surface area contributed by atoms with E-state index in [0.717, 1.165) is 42.6 Å². The van der Waals surface area contributed by atoms with Crippen molar-refractivity contribution in [3.63, 3.8) is 0 Å². The monoisotopic (exact) mass is 299 g/mol. The van der Waals surface area contributed by atoms with Gasteiger partial charge in [0.05, 0.1) is 25.8 Å². The summed E-state index contributed by atoms with van der Waals surface area (Å²) in [5.41, 5.74) is 3.13. The fraction of sp³-hybridized carbons (Fsp3) is 0.412. The highest BCUT2D eigenvalue weighted by atomic mass is 16.5. The predicted octanol–water partition coefficient (Wildman–Crippen LogP) is 2.19. The van der Waals surface area contributed by atoms with Crippen LogP contribution >= 0.6 is 0 Å². The van der Waals surface area contributed by atoms with E-state index < -0.39 is 0 Å². The van der Waals surface area contributed by atoms with Gasteiger partial charge >= 0.3 is 5.97 Å². The van der Waals surface area contributed by atoms with E-state index in [1.807, 2.05) is 30.5 Å². The van der Waals surface area contributed by atoms with Crippen molar-refractivity contribution >= 4 is 5.97 Å². The number of nitrogens with zero attached hydrogens (tertiary/aromatic N) is 2. The van der Waals surface area contributed by atoms with Crippen LogP contribution in [-0.2, 0) is 16.0 Å². The van der Waals surface area contributed by atoms with Crippen molar-refractivity contribution in [2.45, 2.75) is 25.3 Å². The van der Waals surface area contributed by atoms with Crippen LogP contribution < -0.4 is 5.32 Å². The van der Waals surface area contributed by atoms with Crippen LogP contribution in [0.4, 0.5) is 0 Å². The molecule has 0 atom stereocenters. The quantitative estimate of drug-likeness (QED) is 0.879. The fourth-order valence-corrected chi connectivity index (χ4v) is 2.86. The number of carbonyl (C=O) groups excluding carboxylic acids is 1. The Hall–Kier alpha value is -2.14. The maximum absolute atomic E-state index is 11.4. The largest absolute Gasteiger partial charge is 0.469 e. The summed E-state index contributed by atoms with van der Waals surface area (Å²) in [6.45, 7) is 2.10. The van der Waals surface area contributed by atoms with Crippen LogP contribution in [0, 0.1) is 0 Å². The summed E-state index contributed by atoms with van der Waals surface area (Å²) in [4.78, 5) is 11.4. The Morgan fingerprint density at radius 2 is 2.18 bits per heavy atom. The maximum atomic E-state index is 11.4. The molecule has 116 valence electrons. The van der Waals surface area contributed by atoms with Crippen LogP contribution in [0.5, 0.6) is 0 Å². The summed E-state index contributed by atoms with van der Waals surface area (Å²) in [6, 6.07) is 8.46. The lowest BCUT2D eigenvalue weighted by molar-refractivity contribution is -0.139. The second-order valence-electron chi connectivity index (χ2n) is 5.64. The molecule has 1 fully saturated rings. The molecular formula is C17H21N3O2. The number of piperidine rings is 1. The first-order valence-corrected chi connectivity index (χ1v) is 7.67. The molecule has 1 aromatic carbocycles. The Morgan fingerprint density at radius 3 is 2.95 bits per heavy atom. The number of benzene rings is 1. The lowest BCUT2D eigenvalue weighted by Crippen LogP contribution is -2.29. The minimum Gasteiger partial charge on any atom is -0.469 e. The Balaban J connectivity index is 1.77. The molecule has 0 spiro atoms. The molecule has 3 rings (SSSR count). The summed E-state index contributed by atoms with van der Waals surface area (Å²) < 4.78 is 6.79. The number of hydrogen-bond donors (Lipinski definition) is 1. The smallest absolute Gasteiger partial charge is 0.309 e. The van der Waals surface area contributed by atoms with Gasteiger partial charge in [0.25, 0.3) is 0 Å². The molecule has 2 aromatic rings. The summed E-state index contributed by atoms with van der Waals surface area (Å²) in [6.07, 6.45) is 6.53. The number of methoxy groups -OCH3 is 1. The van der Waals surface area contributed by atoms with Crippen LogP contribution in [-0.4, -0.2) is 35.9 Å². The molecule has 0 amide bonds.